The third-order valence-corrected chi connectivity index (χ3v) is 5.24. The number of nitrogens with zero attached hydrogens (tertiary/aromatic N) is 2. The third-order valence-electron chi connectivity index (χ3n) is 3.75. The highest BCUT2D eigenvalue weighted by molar-refractivity contribution is 7.47. The van der Waals surface area contributed by atoms with Gasteiger partial charge in [-0.1, -0.05) is 0 Å². The summed E-state index contributed by atoms with van der Waals surface area (Å²) >= 11 is 0. The molecule has 2 unspecified atom stereocenters. The van der Waals surface area contributed by atoms with E-state index in [1.165, 1.54) is 0 Å². The van der Waals surface area contributed by atoms with E-state index >= 15 is 0 Å². The van der Waals surface area contributed by atoms with Gasteiger partial charge >= 0.3 is 15.6 Å². The van der Waals surface area contributed by atoms with Crippen LogP contribution in [-0.4, -0.2) is 83.3 Å². The van der Waals surface area contributed by atoms with Crippen LogP contribution < -0.4 is 5.32 Å². The molecule has 0 aromatic carbocycles. The minimum absolute atomic E-state index is 0.0559. The summed E-state index contributed by atoms with van der Waals surface area (Å²) in [5.41, 5.74) is 0. The van der Waals surface area contributed by atoms with Gasteiger partial charge in [0.25, 0.3) is 0 Å². The highest BCUT2D eigenvalue weighted by atomic mass is 31.2. The molecule has 2 atom stereocenters. The van der Waals surface area contributed by atoms with Crippen LogP contribution in [0.25, 0.3) is 0 Å². The van der Waals surface area contributed by atoms with Gasteiger partial charge in [0.05, 0.1) is 6.61 Å². The molecule has 142 valence electrons. The molecule has 0 bridgehead atoms. The Kier molecular flexibility index (Phi) is 7.79. The molecular formula is C11H25N3O8P2. The average molecular weight is 389 g/mol. The minimum atomic E-state index is -4.48. The lowest BCUT2D eigenvalue weighted by atomic mass is 10.3. The Morgan fingerprint density at radius 3 is 2.42 bits per heavy atom. The molecule has 13 heteroatoms. The molecule has 0 radical (unpaired) electrons. The van der Waals surface area contributed by atoms with Crippen LogP contribution in [0.3, 0.4) is 0 Å². The summed E-state index contributed by atoms with van der Waals surface area (Å²) in [4.78, 5) is 30.8. The monoisotopic (exact) mass is 389 g/mol. The smallest absolute Gasteiger partial charge is 0.303 e. The van der Waals surface area contributed by atoms with Gasteiger partial charge in [0.2, 0.25) is 0 Å². The molecule has 24 heavy (non-hydrogen) atoms. The fraction of sp³-hybridized carbons (Fsp3) is 1.00. The van der Waals surface area contributed by atoms with Crippen molar-refractivity contribution >= 4 is 15.6 Å². The summed E-state index contributed by atoms with van der Waals surface area (Å²) < 4.78 is 37.2. The summed E-state index contributed by atoms with van der Waals surface area (Å²) in [6.07, 6.45) is 1.40. The van der Waals surface area contributed by atoms with Crippen molar-refractivity contribution in [2.75, 3.05) is 52.6 Å². The minimum Gasteiger partial charge on any atom is -0.303 e. The molecule has 2 heterocycles. The highest BCUT2D eigenvalue weighted by Gasteiger charge is 2.31. The van der Waals surface area contributed by atoms with E-state index in [-0.39, 0.29) is 26.4 Å². The van der Waals surface area contributed by atoms with Gasteiger partial charge in [0, 0.05) is 39.3 Å². The van der Waals surface area contributed by atoms with Crippen LogP contribution in [-0.2, 0) is 22.7 Å². The number of likely N-dealkylation sites (tertiary alicyclic amines) is 1. The predicted octanol–water partition coefficient (Wildman–Crippen LogP) is -0.486. The van der Waals surface area contributed by atoms with Gasteiger partial charge < -0.3 is 14.7 Å². The topological polar surface area (TPSA) is 141 Å². The van der Waals surface area contributed by atoms with E-state index in [4.69, 9.17) is 18.8 Å². The zero-order chi connectivity index (χ0) is 17.6. The van der Waals surface area contributed by atoms with Gasteiger partial charge in [0.15, 0.2) is 0 Å². The molecule has 2 rings (SSSR count). The summed E-state index contributed by atoms with van der Waals surface area (Å²) in [5.74, 6) is 0. The lowest BCUT2D eigenvalue weighted by Gasteiger charge is -2.33. The first-order valence-corrected chi connectivity index (χ1v) is 10.8. The van der Waals surface area contributed by atoms with E-state index in [0.29, 0.717) is 13.1 Å². The fourth-order valence-corrected chi connectivity index (χ4v) is 3.75. The molecular weight excluding hydrogens is 364 g/mol. The molecule has 2 saturated heterocycles. The quantitative estimate of drug-likeness (QED) is 0.380. The van der Waals surface area contributed by atoms with E-state index < -0.39 is 21.9 Å². The molecule has 2 fully saturated rings. The van der Waals surface area contributed by atoms with Crippen molar-refractivity contribution in [2.24, 2.45) is 0 Å². The van der Waals surface area contributed by atoms with Gasteiger partial charge in [0.1, 0.15) is 13.0 Å². The Morgan fingerprint density at radius 2 is 1.75 bits per heavy atom. The number of phosphoric acid groups is 2. The van der Waals surface area contributed by atoms with Gasteiger partial charge in [-0.05, 0) is 12.8 Å². The molecule has 0 amide bonds. The van der Waals surface area contributed by atoms with Crippen molar-refractivity contribution in [3.05, 3.63) is 0 Å². The van der Waals surface area contributed by atoms with Crippen LogP contribution in [0.1, 0.15) is 12.8 Å². The lowest BCUT2D eigenvalue weighted by molar-refractivity contribution is 0.0192. The SMILES string of the molecule is O=P(O)(O)OCCN1CCNC(OP(=O)(O)OCN2CCCC2)C1. The van der Waals surface area contributed by atoms with Gasteiger partial charge in [-0.25, -0.2) is 9.13 Å². The maximum atomic E-state index is 12.0. The van der Waals surface area contributed by atoms with Gasteiger partial charge in [-0.2, -0.15) is 0 Å². The highest BCUT2D eigenvalue weighted by Crippen LogP contribution is 2.44. The van der Waals surface area contributed by atoms with Crippen molar-refractivity contribution in [1.29, 1.82) is 0 Å². The molecule has 0 aromatic rings. The lowest BCUT2D eigenvalue weighted by Crippen LogP contribution is -2.52. The Morgan fingerprint density at radius 1 is 1.04 bits per heavy atom. The summed E-state index contributed by atoms with van der Waals surface area (Å²) in [5, 5.41) is 2.96. The van der Waals surface area contributed by atoms with E-state index in [9.17, 15) is 14.0 Å². The Labute approximate surface area is 140 Å². The summed E-state index contributed by atoms with van der Waals surface area (Å²) in [6, 6.07) is 0. The van der Waals surface area contributed by atoms with Crippen LogP contribution >= 0.6 is 15.6 Å². The zero-order valence-electron chi connectivity index (χ0n) is 13.3. The molecule has 0 saturated carbocycles. The number of rotatable bonds is 9. The largest absolute Gasteiger partial charge is 0.475 e. The van der Waals surface area contributed by atoms with Crippen molar-refractivity contribution in [3.63, 3.8) is 0 Å². The van der Waals surface area contributed by atoms with Crippen LogP contribution in [0.15, 0.2) is 0 Å². The Balaban J connectivity index is 1.70. The van der Waals surface area contributed by atoms with Crippen LogP contribution in [0.5, 0.6) is 0 Å². The van der Waals surface area contributed by atoms with Gasteiger partial charge in [-0.3, -0.25) is 28.7 Å². The van der Waals surface area contributed by atoms with Crippen molar-refractivity contribution < 1.29 is 37.4 Å². The third kappa shape index (κ3) is 7.99. The maximum Gasteiger partial charge on any atom is 0.475 e. The number of piperazine rings is 1. The Hall–Kier alpha value is 0.1000. The number of nitrogens with one attached hydrogen (secondary N) is 1. The number of hydrogen-bond donors (Lipinski definition) is 4. The van der Waals surface area contributed by atoms with E-state index in [1.54, 1.807) is 0 Å². The van der Waals surface area contributed by atoms with Crippen molar-refractivity contribution in [3.8, 4) is 0 Å². The number of hydrogen-bond acceptors (Lipinski definition) is 8. The standard InChI is InChI=1S/C11H25N3O8P2/c15-23(16,17)20-8-7-13-6-3-12-11(9-13)22-24(18,19)21-10-14-4-1-2-5-14/h11-12H,1-10H2,(H,18,19)(H2,15,16,17). The molecule has 2 aliphatic rings. The first-order chi connectivity index (χ1) is 11.2. The fourth-order valence-electron chi connectivity index (χ4n) is 2.59. The van der Waals surface area contributed by atoms with E-state index in [2.05, 4.69) is 9.84 Å². The predicted molar refractivity (Wildman–Crippen MR) is 83.9 cm³/mol. The van der Waals surface area contributed by atoms with Crippen LogP contribution in [0.4, 0.5) is 0 Å². The molecule has 11 nitrogen and oxygen atoms in total. The summed E-state index contributed by atoms with van der Waals surface area (Å²) in [7, 11) is -8.66. The normalized spacial score (nSPS) is 26.5. The first kappa shape index (κ1) is 20.4. The molecule has 2 aliphatic heterocycles. The number of phosphoric ester groups is 2. The van der Waals surface area contributed by atoms with Crippen LogP contribution in [0, 0.1) is 0 Å². The second kappa shape index (κ2) is 9.16. The first-order valence-electron chi connectivity index (χ1n) is 7.77. The van der Waals surface area contributed by atoms with E-state index in [1.807, 2.05) is 9.80 Å². The van der Waals surface area contributed by atoms with Crippen molar-refractivity contribution in [1.82, 2.24) is 15.1 Å². The molecule has 4 N–H and O–H groups in total. The van der Waals surface area contributed by atoms with Crippen LogP contribution in [0.2, 0.25) is 0 Å². The van der Waals surface area contributed by atoms with E-state index in [0.717, 1.165) is 25.9 Å². The second-order valence-corrected chi connectivity index (χ2v) is 8.37. The zero-order valence-corrected chi connectivity index (χ0v) is 15.1. The molecule has 0 aliphatic carbocycles. The summed E-state index contributed by atoms with van der Waals surface area (Å²) in [6.45, 7) is 3.27. The molecule has 0 spiro atoms. The van der Waals surface area contributed by atoms with Gasteiger partial charge in [-0.15, -0.1) is 0 Å². The second-order valence-electron chi connectivity index (χ2n) is 5.72. The Bertz CT molecular complexity index is 484. The average Bonchev–Trinajstić information content (AvgIpc) is 2.97. The molecule has 0 aromatic heterocycles. The van der Waals surface area contributed by atoms with Crippen molar-refractivity contribution in [2.45, 2.75) is 19.1 Å². The maximum absolute atomic E-state index is 12.0.